The van der Waals surface area contributed by atoms with Crippen LogP contribution in [0.5, 0.6) is 5.88 Å². The van der Waals surface area contributed by atoms with Gasteiger partial charge in [0.15, 0.2) is 0 Å². The van der Waals surface area contributed by atoms with Crippen LogP contribution >= 0.6 is 0 Å². The summed E-state index contributed by atoms with van der Waals surface area (Å²) in [6, 6.07) is 0. The molecule has 0 saturated heterocycles. The van der Waals surface area contributed by atoms with Crippen molar-refractivity contribution < 1.29 is 9.13 Å². The summed E-state index contributed by atoms with van der Waals surface area (Å²) < 4.78 is 18.0. The topological polar surface area (TPSA) is 35.0 Å². The zero-order valence-electron chi connectivity index (χ0n) is 8.26. The highest BCUT2D eigenvalue weighted by Gasteiger charge is 2.13. The lowest BCUT2D eigenvalue weighted by molar-refractivity contribution is 0.361. The molecule has 0 atom stereocenters. The van der Waals surface area contributed by atoms with Crippen LogP contribution in [0.25, 0.3) is 0 Å². The summed E-state index contributed by atoms with van der Waals surface area (Å²) >= 11 is 0. The lowest BCUT2D eigenvalue weighted by Gasteiger charge is -2.08. The predicted molar refractivity (Wildman–Crippen MR) is 47.4 cm³/mol. The van der Waals surface area contributed by atoms with Crippen molar-refractivity contribution in [2.45, 2.75) is 26.7 Å². The molecule has 4 heteroatoms. The first-order valence-electron chi connectivity index (χ1n) is 4.14. The molecule has 1 rings (SSSR count). The molecule has 1 aromatic rings. The third kappa shape index (κ3) is 1.94. The maximum atomic E-state index is 13.2. The lowest BCUT2D eigenvalue weighted by Crippen LogP contribution is -2.05. The van der Waals surface area contributed by atoms with Crippen molar-refractivity contribution in [1.82, 2.24) is 9.97 Å². The van der Waals surface area contributed by atoms with Crippen LogP contribution in [0.15, 0.2) is 0 Å². The summed E-state index contributed by atoms with van der Waals surface area (Å²) in [4.78, 5) is 7.96. The van der Waals surface area contributed by atoms with Gasteiger partial charge < -0.3 is 4.74 Å². The third-order valence-electron chi connectivity index (χ3n) is 1.71. The fourth-order valence-electron chi connectivity index (χ4n) is 0.947. The molecule has 0 amide bonds. The summed E-state index contributed by atoms with van der Waals surface area (Å²) in [6.07, 6.45) is 0. The molecule has 0 aliphatic rings. The number of nitrogens with zero attached hydrogens (tertiary/aromatic N) is 2. The average molecular weight is 184 g/mol. The number of rotatable bonds is 2. The number of methoxy groups -OCH3 is 1. The van der Waals surface area contributed by atoms with Crippen LogP contribution < -0.4 is 4.74 Å². The highest BCUT2D eigenvalue weighted by atomic mass is 19.1. The number of aromatic nitrogens is 2. The quantitative estimate of drug-likeness (QED) is 0.705. The highest BCUT2D eigenvalue weighted by molar-refractivity contribution is 5.19. The standard InChI is InChI=1S/C9H13FN2O/c1-5(2)8-11-6(3)7(10)9(12-8)13-4/h5H,1-4H3. The van der Waals surface area contributed by atoms with Crippen LogP contribution in [-0.2, 0) is 0 Å². The van der Waals surface area contributed by atoms with E-state index in [9.17, 15) is 4.39 Å². The van der Waals surface area contributed by atoms with Crippen molar-refractivity contribution in [2.75, 3.05) is 7.11 Å². The van der Waals surface area contributed by atoms with E-state index in [0.29, 0.717) is 11.5 Å². The SMILES string of the molecule is COc1nc(C(C)C)nc(C)c1F. The van der Waals surface area contributed by atoms with Crippen LogP contribution in [0.4, 0.5) is 4.39 Å². The molecule has 1 aromatic heterocycles. The van der Waals surface area contributed by atoms with Gasteiger partial charge in [0.05, 0.1) is 12.8 Å². The zero-order valence-corrected chi connectivity index (χ0v) is 8.26. The van der Waals surface area contributed by atoms with Gasteiger partial charge in [-0.1, -0.05) is 13.8 Å². The first kappa shape index (κ1) is 9.89. The average Bonchev–Trinajstić information content (AvgIpc) is 2.09. The predicted octanol–water partition coefficient (Wildman–Crippen LogP) is 2.06. The Labute approximate surface area is 77.0 Å². The van der Waals surface area contributed by atoms with Crippen molar-refractivity contribution in [3.8, 4) is 5.88 Å². The van der Waals surface area contributed by atoms with Gasteiger partial charge in [0, 0.05) is 5.92 Å². The molecule has 1 heterocycles. The van der Waals surface area contributed by atoms with Crippen molar-refractivity contribution in [3.05, 3.63) is 17.3 Å². The summed E-state index contributed by atoms with van der Waals surface area (Å²) in [5, 5.41) is 0. The summed E-state index contributed by atoms with van der Waals surface area (Å²) in [5.41, 5.74) is 0.329. The first-order valence-corrected chi connectivity index (χ1v) is 4.14. The Kier molecular flexibility index (Phi) is 2.80. The lowest BCUT2D eigenvalue weighted by atomic mass is 10.2. The number of hydrogen-bond acceptors (Lipinski definition) is 3. The molecule has 0 aliphatic carbocycles. The molecule has 3 nitrogen and oxygen atoms in total. The van der Waals surface area contributed by atoms with Gasteiger partial charge in [-0.15, -0.1) is 0 Å². The van der Waals surface area contributed by atoms with E-state index in [1.54, 1.807) is 6.92 Å². The van der Waals surface area contributed by atoms with Crippen LogP contribution in [0.1, 0.15) is 31.3 Å². The fraction of sp³-hybridized carbons (Fsp3) is 0.556. The van der Waals surface area contributed by atoms with E-state index in [-0.39, 0.29) is 11.8 Å². The van der Waals surface area contributed by atoms with E-state index in [1.807, 2.05) is 13.8 Å². The zero-order chi connectivity index (χ0) is 10.0. The minimum absolute atomic E-state index is 0.0243. The minimum atomic E-state index is -0.480. The Morgan fingerprint density at radius 1 is 1.31 bits per heavy atom. The maximum absolute atomic E-state index is 13.2. The van der Waals surface area contributed by atoms with Gasteiger partial charge in [0.25, 0.3) is 5.88 Å². The van der Waals surface area contributed by atoms with Gasteiger partial charge in [-0.3, -0.25) is 0 Å². The molecule has 0 fully saturated rings. The van der Waals surface area contributed by atoms with Crippen molar-refractivity contribution >= 4 is 0 Å². The van der Waals surface area contributed by atoms with Crippen LogP contribution in [0.3, 0.4) is 0 Å². The van der Waals surface area contributed by atoms with E-state index in [1.165, 1.54) is 7.11 Å². The summed E-state index contributed by atoms with van der Waals surface area (Å²) in [6.45, 7) is 5.50. The number of hydrogen-bond donors (Lipinski definition) is 0. The number of halogens is 1. The highest BCUT2D eigenvalue weighted by Crippen LogP contribution is 2.19. The van der Waals surface area contributed by atoms with Crippen LogP contribution in [0.2, 0.25) is 0 Å². The molecular weight excluding hydrogens is 171 g/mol. The van der Waals surface area contributed by atoms with E-state index in [2.05, 4.69) is 9.97 Å². The second-order valence-electron chi connectivity index (χ2n) is 3.15. The number of aryl methyl sites for hydroxylation is 1. The Morgan fingerprint density at radius 3 is 2.38 bits per heavy atom. The van der Waals surface area contributed by atoms with Gasteiger partial charge in [-0.2, -0.15) is 9.37 Å². The van der Waals surface area contributed by atoms with Gasteiger partial charge in [-0.25, -0.2) is 4.98 Å². The molecule has 13 heavy (non-hydrogen) atoms. The molecule has 72 valence electrons. The van der Waals surface area contributed by atoms with E-state index in [0.717, 1.165) is 0 Å². The molecule has 0 saturated carbocycles. The summed E-state index contributed by atoms with van der Waals surface area (Å²) in [5.74, 6) is 0.326. The molecule has 0 N–H and O–H groups in total. The fourth-order valence-corrected chi connectivity index (χ4v) is 0.947. The normalized spacial score (nSPS) is 10.6. The molecule has 0 aromatic carbocycles. The Hall–Kier alpha value is -1.19. The molecule has 0 bridgehead atoms. The van der Waals surface area contributed by atoms with Crippen LogP contribution in [0, 0.1) is 12.7 Å². The Morgan fingerprint density at radius 2 is 1.92 bits per heavy atom. The summed E-state index contributed by atoms with van der Waals surface area (Å²) in [7, 11) is 1.40. The molecule has 0 unspecified atom stereocenters. The molecular formula is C9H13FN2O. The van der Waals surface area contributed by atoms with Crippen molar-refractivity contribution in [1.29, 1.82) is 0 Å². The van der Waals surface area contributed by atoms with Crippen molar-refractivity contribution in [2.24, 2.45) is 0 Å². The van der Waals surface area contributed by atoms with Crippen molar-refractivity contribution in [3.63, 3.8) is 0 Å². The maximum Gasteiger partial charge on any atom is 0.253 e. The van der Waals surface area contributed by atoms with Gasteiger partial charge >= 0.3 is 0 Å². The largest absolute Gasteiger partial charge is 0.479 e. The minimum Gasteiger partial charge on any atom is -0.479 e. The Bertz CT molecular complexity index is 313. The van der Waals surface area contributed by atoms with E-state index >= 15 is 0 Å². The smallest absolute Gasteiger partial charge is 0.253 e. The first-order chi connectivity index (χ1) is 6.06. The monoisotopic (exact) mass is 184 g/mol. The number of ether oxygens (including phenoxy) is 1. The van der Waals surface area contributed by atoms with Crippen LogP contribution in [-0.4, -0.2) is 17.1 Å². The molecule has 0 radical (unpaired) electrons. The molecule has 0 spiro atoms. The molecule has 0 aliphatic heterocycles. The third-order valence-corrected chi connectivity index (χ3v) is 1.71. The van der Waals surface area contributed by atoms with E-state index in [4.69, 9.17) is 4.74 Å². The van der Waals surface area contributed by atoms with Gasteiger partial charge in [-0.05, 0) is 6.92 Å². The van der Waals surface area contributed by atoms with Gasteiger partial charge in [0.2, 0.25) is 5.82 Å². The second kappa shape index (κ2) is 3.68. The second-order valence-corrected chi connectivity index (χ2v) is 3.15. The Balaban J connectivity index is 3.22. The van der Waals surface area contributed by atoms with Gasteiger partial charge in [0.1, 0.15) is 5.82 Å². The van der Waals surface area contributed by atoms with E-state index < -0.39 is 5.82 Å².